The van der Waals surface area contributed by atoms with Crippen LogP contribution in [0, 0.1) is 0 Å². The Hall–Kier alpha value is -1.29. The summed E-state index contributed by atoms with van der Waals surface area (Å²) in [6, 6.07) is 7.57. The van der Waals surface area contributed by atoms with Crippen molar-refractivity contribution in [2.45, 2.75) is 19.3 Å². The average molecular weight is 252 g/mol. The zero-order chi connectivity index (χ0) is 12.5. The second-order valence-electron chi connectivity index (χ2n) is 4.26. The van der Waals surface area contributed by atoms with Crippen molar-refractivity contribution in [1.82, 2.24) is 0 Å². The van der Waals surface area contributed by atoms with Gasteiger partial charge in [-0.3, -0.25) is 0 Å². The molecule has 0 bridgehead atoms. The predicted octanol–water partition coefficient (Wildman–Crippen LogP) is 2.63. The first-order valence-electron chi connectivity index (χ1n) is 5.59. The molecular weight excluding hydrogens is 236 g/mol. The van der Waals surface area contributed by atoms with Crippen LogP contribution >= 0.6 is 0 Å². The number of allylic oxidation sites excluding steroid dienone is 2. The van der Waals surface area contributed by atoms with Gasteiger partial charge < -0.3 is 4.74 Å². The summed E-state index contributed by atoms with van der Waals surface area (Å²) in [5.74, 6) is 0.785. The third kappa shape index (κ3) is 2.52. The molecule has 0 saturated carbocycles. The molecule has 0 aromatic heterocycles. The van der Waals surface area contributed by atoms with Crippen molar-refractivity contribution in [3.8, 4) is 5.75 Å². The molecule has 1 aliphatic carbocycles. The van der Waals surface area contributed by atoms with Crippen LogP contribution in [0.3, 0.4) is 0 Å². The van der Waals surface area contributed by atoms with Crippen molar-refractivity contribution in [2.75, 3.05) is 13.4 Å². The Bertz CT molecular complexity index is 539. The third-order valence-electron chi connectivity index (χ3n) is 3.05. The minimum Gasteiger partial charge on any atom is -0.497 e. The largest absolute Gasteiger partial charge is 0.497 e. The van der Waals surface area contributed by atoms with Gasteiger partial charge in [-0.25, -0.2) is 8.42 Å². The van der Waals surface area contributed by atoms with E-state index in [1.807, 2.05) is 24.3 Å². The number of sulfone groups is 1. The molecule has 4 heteroatoms. The summed E-state index contributed by atoms with van der Waals surface area (Å²) < 4.78 is 28.4. The molecule has 92 valence electrons. The Morgan fingerprint density at radius 3 is 2.29 bits per heavy atom. The Morgan fingerprint density at radius 2 is 1.76 bits per heavy atom. The fourth-order valence-electron chi connectivity index (χ4n) is 2.22. The Morgan fingerprint density at radius 1 is 1.12 bits per heavy atom. The first-order valence-corrected chi connectivity index (χ1v) is 7.48. The second-order valence-corrected chi connectivity index (χ2v) is 6.29. The summed E-state index contributed by atoms with van der Waals surface area (Å²) in [7, 11) is -1.45. The van der Waals surface area contributed by atoms with Gasteiger partial charge in [0.25, 0.3) is 0 Å². The van der Waals surface area contributed by atoms with Crippen LogP contribution in [0.25, 0.3) is 5.57 Å². The minimum atomic E-state index is -3.07. The van der Waals surface area contributed by atoms with Gasteiger partial charge in [0, 0.05) is 11.2 Å². The lowest BCUT2D eigenvalue weighted by Crippen LogP contribution is -2.00. The van der Waals surface area contributed by atoms with E-state index in [0.717, 1.165) is 29.7 Å². The maximum atomic E-state index is 11.7. The molecule has 0 unspecified atom stereocenters. The Labute approximate surface area is 102 Å². The molecule has 3 nitrogen and oxygen atoms in total. The van der Waals surface area contributed by atoms with Crippen LogP contribution in [0.15, 0.2) is 29.2 Å². The lowest BCUT2D eigenvalue weighted by atomic mass is 10.1. The molecule has 0 N–H and O–H groups in total. The Kier molecular flexibility index (Phi) is 3.24. The van der Waals surface area contributed by atoms with Gasteiger partial charge in [0.2, 0.25) is 0 Å². The number of methoxy groups -OCH3 is 1. The first kappa shape index (κ1) is 12.2. The smallest absolute Gasteiger partial charge is 0.172 e. The van der Waals surface area contributed by atoms with Gasteiger partial charge in [-0.15, -0.1) is 0 Å². The quantitative estimate of drug-likeness (QED) is 0.830. The van der Waals surface area contributed by atoms with Gasteiger partial charge in [-0.1, -0.05) is 12.1 Å². The molecule has 0 amide bonds. The third-order valence-corrected chi connectivity index (χ3v) is 4.40. The molecule has 0 spiro atoms. The second kappa shape index (κ2) is 4.53. The Balaban J connectivity index is 2.44. The fraction of sp³-hybridized carbons (Fsp3) is 0.385. The zero-order valence-corrected chi connectivity index (χ0v) is 10.9. The van der Waals surface area contributed by atoms with Crippen LogP contribution in [-0.2, 0) is 9.84 Å². The molecule has 1 aromatic carbocycles. The molecule has 0 aliphatic heterocycles. The van der Waals surface area contributed by atoms with Crippen LogP contribution in [0.4, 0.5) is 0 Å². The molecule has 0 saturated heterocycles. The van der Waals surface area contributed by atoms with Crippen LogP contribution in [0.5, 0.6) is 5.75 Å². The van der Waals surface area contributed by atoms with Gasteiger partial charge in [0.05, 0.1) is 7.11 Å². The van der Waals surface area contributed by atoms with Gasteiger partial charge in [0.15, 0.2) is 9.84 Å². The standard InChI is InChI=1S/C13H16O3S/c1-16-11-8-6-10(7-9-11)12-4-3-5-13(12)17(2,14)15/h6-9H,3-5H2,1-2H3. The highest BCUT2D eigenvalue weighted by atomic mass is 32.2. The van der Waals surface area contributed by atoms with Crippen LogP contribution in [0.2, 0.25) is 0 Å². The number of hydrogen-bond donors (Lipinski definition) is 0. The lowest BCUT2D eigenvalue weighted by molar-refractivity contribution is 0.415. The van der Waals surface area contributed by atoms with E-state index < -0.39 is 9.84 Å². The fourth-order valence-corrected chi connectivity index (χ4v) is 3.41. The van der Waals surface area contributed by atoms with E-state index in [-0.39, 0.29) is 0 Å². The summed E-state index contributed by atoms with van der Waals surface area (Å²) in [6.07, 6.45) is 3.72. The van der Waals surface area contributed by atoms with Gasteiger partial charge in [-0.2, -0.15) is 0 Å². The van der Waals surface area contributed by atoms with Crippen molar-refractivity contribution < 1.29 is 13.2 Å². The summed E-state index contributed by atoms with van der Waals surface area (Å²) in [5.41, 5.74) is 1.96. The summed E-state index contributed by atoms with van der Waals surface area (Å²) in [5, 5.41) is 0. The van der Waals surface area contributed by atoms with Gasteiger partial charge in [0.1, 0.15) is 5.75 Å². The van der Waals surface area contributed by atoms with Crippen LogP contribution < -0.4 is 4.74 Å². The SMILES string of the molecule is COc1ccc(C2=C(S(C)(=O)=O)CCC2)cc1. The van der Waals surface area contributed by atoms with Crippen molar-refractivity contribution in [3.63, 3.8) is 0 Å². The van der Waals surface area contributed by atoms with E-state index in [1.165, 1.54) is 6.26 Å². The first-order chi connectivity index (χ1) is 8.02. The summed E-state index contributed by atoms with van der Waals surface area (Å²) in [4.78, 5) is 0.600. The molecule has 1 aliphatic rings. The number of rotatable bonds is 3. The number of benzene rings is 1. The zero-order valence-electron chi connectivity index (χ0n) is 10.1. The highest BCUT2D eigenvalue weighted by Gasteiger charge is 2.23. The predicted molar refractivity (Wildman–Crippen MR) is 68.6 cm³/mol. The molecule has 2 rings (SSSR count). The maximum Gasteiger partial charge on any atom is 0.172 e. The molecule has 0 radical (unpaired) electrons. The van der Waals surface area contributed by atoms with E-state index in [2.05, 4.69) is 0 Å². The average Bonchev–Trinajstić information content (AvgIpc) is 2.78. The van der Waals surface area contributed by atoms with Gasteiger partial charge in [-0.05, 0) is 42.5 Å². The summed E-state index contributed by atoms with van der Waals surface area (Å²) in [6.45, 7) is 0. The maximum absolute atomic E-state index is 11.7. The minimum absolute atomic E-state index is 0.600. The van der Waals surface area contributed by atoms with Crippen molar-refractivity contribution in [2.24, 2.45) is 0 Å². The van der Waals surface area contributed by atoms with Crippen molar-refractivity contribution >= 4 is 15.4 Å². The van der Waals surface area contributed by atoms with E-state index in [4.69, 9.17) is 4.74 Å². The molecule has 17 heavy (non-hydrogen) atoms. The molecule has 0 fully saturated rings. The van der Waals surface area contributed by atoms with E-state index >= 15 is 0 Å². The topological polar surface area (TPSA) is 43.4 Å². The van der Waals surface area contributed by atoms with E-state index in [0.29, 0.717) is 11.3 Å². The molecule has 0 heterocycles. The lowest BCUT2D eigenvalue weighted by Gasteiger charge is -2.07. The number of hydrogen-bond acceptors (Lipinski definition) is 3. The van der Waals surface area contributed by atoms with E-state index in [9.17, 15) is 8.42 Å². The van der Waals surface area contributed by atoms with Crippen molar-refractivity contribution in [1.29, 1.82) is 0 Å². The van der Waals surface area contributed by atoms with Crippen LogP contribution in [0.1, 0.15) is 24.8 Å². The molecule has 0 atom stereocenters. The highest BCUT2D eigenvalue weighted by Crippen LogP contribution is 2.36. The van der Waals surface area contributed by atoms with Crippen LogP contribution in [-0.4, -0.2) is 21.8 Å². The number of ether oxygens (including phenoxy) is 1. The molecular formula is C13H16O3S. The normalized spacial score (nSPS) is 16.4. The summed E-state index contributed by atoms with van der Waals surface area (Å²) >= 11 is 0. The van der Waals surface area contributed by atoms with Gasteiger partial charge >= 0.3 is 0 Å². The highest BCUT2D eigenvalue weighted by molar-refractivity contribution is 7.94. The van der Waals surface area contributed by atoms with Crippen molar-refractivity contribution in [3.05, 3.63) is 34.7 Å². The monoisotopic (exact) mass is 252 g/mol. The van der Waals surface area contributed by atoms with E-state index in [1.54, 1.807) is 7.11 Å². The molecule has 1 aromatic rings.